The van der Waals surface area contributed by atoms with Crippen molar-refractivity contribution in [2.24, 2.45) is 0 Å². The Morgan fingerprint density at radius 1 is 0.484 bits per heavy atom. The molecule has 0 atom stereocenters. The minimum atomic E-state index is 0.569. The van der Waals surface area contributed by atoms with E-state index in [0.717, 1.165) is 37.3 Å². The summed E-state index contributed by atoms with van der Waals surface area (Å²) in [4.78, 5) is 0. The third-order valence-electron chi connectivity index (χ3n) is 5.11. The first-order chi connectivity index (χ1) is 15.3. The van der Waals surface area contributed by atoms with Gasteiger partial charge in [-0.1, -0.05) is 0 Å². The topological polar surface area (TPSA) is 73.8 Å². The lowest BCUT2D eigenvalue weighted by Gasteiger charge is -2.38. The summed E-state index contributed by atoms with van der Waals surface area (Å²) in [5.41, 5.74) is 0. The van der Waals surface area contributed by atoms with Crippen molar-refractivity contribution >= 4 is 0 Å². The van der Waals surface area contributed by atoms with E-state index in [-0.39, 0.29) is 0 Å². The number of quaternary nitrogens is 1. The third-order valence-corrected chi connectivity index (χ3v) is 5.11. The van der Waals surface area contributed by atoms with E-state index in [1.807, 2.05) is 13.8 Å². The molecule has 186 valence electrons. The minimum absolute atomic E-state index is 0.569. The average Bonchev–Trinajstić information content (AvgIpc) is 2.78. The first-order valence-electron chi connectivity index (χ1n) is 11.8. The molecule has 0 aromatic carbocycles. The fourth-order valence-corrected chi connectivity index (χ4v) is 3.19. The van der Waals surface area contributed by atoms with Crippen LogP contribution in [0.15, 0.2) is 0 Å². The lowest BCUT2D eigenvalue weighted by Crippen LogP contribution is -2.55. The molecular formula is C22H46NO8+. The van der Waals surface area contributed by atoms with Gasteiger partial charge in [0.1, 0.15) is 26.2 Å². The maximum atomic E-state index is 5.86. The quantitative estimate of drug-likeness (QED) is 0.339. The second kappa shape index (κ2) is 21.5. The summed E-state index contributed by atoms with van der Waals surface area (Å²) in [6.45, 7) is 17.5. The fourth-order valence-electron chi connectivity index (χ4n) is 3.19. The zero-order valence-electron chi connectivity index (χ0n) is 19.9. The van der Waals surface area contributed by atoms with Crippen LogP contribution in [-0.4, -0.2) is 136 Å². The van der Waals surface area contributed by atoms with E-state index in [9.17, 15) is 0 Å². The maximum absolute atomic E-state index is 5.86. The summed E-state index contributed by atoms with van der Waals surface area (Å²) in [5.74, 6) is 0. The molecule has 9 heteroatoms. The number of ether oxygens (including phenoxy) is 8. The Labute approximate surface area is 188 Å². The Hall–Kier alpha value is -0.360. The monoisotopic (exact) mass is 452 g/mol. The Morgan fingerprint density at radius 2 is 0.839 bits per heavy atom. The molecule has 0 N–H and O–H groups in total. The zero-order valence-corrected chi connectivity index (χ0v) is 19.9. The molecule has 1 fully saturated rings. The van der Waals surface area contributed by atoms with Gasteiger partial charge in [0.2, 0.25) is 0 Å². The lowest BCUT2D eigenvalue weighted by molar-refractivity contribution is -0.929. The molecule has 1 aliphatic rings. The summed E-state index contributed by atoms with van der Waals surface area (Å²) < 4.78 is 46.0. The molecule has 1 saturated heterocycles. The van der Waals surface area contributed by atoms with Crippen molar-refractivity contribution in [2.45, 2.75) is 13.8 Å². The Morgan fingerprint density at radius 3 is 1.29 bits per heavy atom. The molecule has 0 amide bonds. The highest BCUT2D eigenvalue weighted by Gasteiger charge is 2.27. The van der Waals surface area contributed by atoms with Gasteiger partial charge in [0.05, 0.1) is 92.5 Å². The normalized spacial score (nSPS) is 20.7. The summed E-state index contributed by atoms with van der Waals surface area (Å²) in [6.07, 6.45) is 0. The fraction of sp³-hybridized carbons (Fsp3) is 1.00. The van der Waals surface area contributed by atoms with Gasteiger partial charge in [-0.2, -0.15) is 0 Å². The molecule has 0 aromatic heterocycles. The van der Waals surface area contributed by atoms with Crippen LogP contribution in [0.1, 0.15) is 13.8 Å². The van der Waals surface area contributed by atoms with Crippen molar-refractivity contribution < 1.29 is 42.4 Å². The van der Waals surface area contributed by atoms with Gasteiger partial charge in [-0.15, -0.1) is 0 Å². The van der Waals surface area contributed by atoms with Gasteiger partial charge in [-0.05, 0) is 13.8 Å². The Bertz CT molecular complexity index is 357. The molecule has 0 unspecified atom stereocenters. The second-order valence-electron chi connectivity index (χ2n) is 7.30. The van der Waals surface area contributed by atoms with E-state index in [1.165, 1.54) is 0 Å². The van der Waals surface area contributed by atoms with Gasteiger partial charge in [-0.25, -0.2) is 0 Å². The van der Waals surface area contributed by atoms with Crippen LogP contribution in [0.4, 0.5) is 0 Å². The molecule has 0 bridgehead atoms. The SMILES string of the molecule is CCOCCOCC[N+]1(CCOCC)CCOCCOCCOCCOCCOCC1. The first-order valence-corrected chi connectivity index (χ1v) is 11.8. The highest BCUT2D eigenvalue weighted by molar-refractivity contribution is 4.49. The van der Waals surface area contributed by atoms with Crippen LogP contribution < -0.4 is 0 Å². The van der Waals surface area contributed by atoms with Gasteiger partial charge < -0.3 is 42.4 Å². The summed E-state index contributed by atoms with van der Waals surface area (Å²) in [6, 6.07) is 0. The highest BCUT2D eigenvalue weighted by atomic mass is 16.6. The molecule has 9 nitrogen and oxygen atoms in total. The number of rotatable bonds is 11. The van der Waals surface area contributed by atoms with E-state index in [4.69, 9.17) is 37.9 Å². The van der Waals surface area contributed by atoms with Crippen LogP contribution in [0.2, 0.25) is 0 Å². The van der Waals surface area contributed by atoms with Crippen LogP contribution >= 0.6 is 0 Å². The summed E-state index contributed by atoms with van der Waals surface area (Å²) in [7, 11) is 0. The highest BCUT2D eigenvalue weighted by Crippen LogP contribution is 2.08. The molecule has 1 aliphatic heterocycles. The summed E-state index contributed by atoms with van der Waals surface area (Å²) >= 11 is 0. The van der Waals surface area contributed by atoms with E-state index in [0.29, 0.717) is 99.1 Å². The molecule has 1 heterocycles. The van der Waals surface area contributed by atoms with Crippen LogP contribution in [0.3, 0.4) is 0 Å². The minimum Gasteiger partial charge on any atom is -0.379 e. The van der Waals surface area contributed by atoms with Crippen molar-refractivity contribution in [3.8, 4) is 0 Å². The average molecular weight is 453 g/mol. The zero-order chi connectivity index (χ0) is 22.3. The van der Waals surface area contributed by atoms with Crippen molar-refractivity contribution in [1.29, 1.82) is 0 Å². The van der Waals surface area contributed by atoms with Crippen molar-refractivity contribution in [2.75, 3.05) is 132 Å². The Balaban J connectivity index is 2.57. The maximum Gasteiger partial charge on any atom is 0.103 e. The lowest BCUT2D eigenvalue weighted by atomic mass is 10.3. The van der Waals surface area contributed by atoms with E-state index >= 15 is 0 Å². The van der Waals surface area contributed by atoms with Crippen LogP contribution in [0, 0.1) is 0 Å². The first kappa shape index (κ1) is 28.7. The van der Waals surface area contributed by atoms with Gasteiger partial charge in [0, 0.05) is 13.2 Å². The van der Waals surface area contributed by atoms with Crippen LogP contribution in [0.25, 0.3) is 0 Å². The largest absolute Gasteiger partial charge is 0.379 e. The molecule has 0 saturated carbocycles. The van der Waals surface area contributed by atoms with E-state index < -0.39 is 0 Å². The van der Waals surface area contributed by atoms with E-state index in [1.54, 1.807) is 0 Å². The molecule has 31 heavy (non-hydrogen) atoms. The summed E-state index contributed by atoms with van der Waals surface area (Å²) in [5, 5.41) is 0. The van der Waals surface area contributed by atoms with Gasteiger partial charge in [-0.3, -0.25) is 0 Å². The smallest absolute Gasteiger partial charge is 0.103 e. The van der Waals surface area contributed by atoms with Gasteiger partial charge in [0.25, 0.3) is 0 Å². The molecule has 0 spiro atoms. The molecule has 1 rings (SSSR count). The van der Waals surface area contributed by atoms with Crippen LogP contribution in [0.5, 0.6) is 0 Å². The molecule has 0 aromatic rings. The number of hydrogen-bond acceptors (Lipinski definition) is 8. The van der Waals surface area contributed by atoms with E-state index in [2.05, 4.69) is 0 Å². The Kier molecular flexibility index (Phi) is 19.9. The number of nitrogens with zero attached hydrogens (tertiary/aromatic N) is 1. The standard InChI is InChI=1S/C22H46NO8/c1-3-24-9-5-23(6-10-26-14-13-25-4-2)7-11-27-15-17-29-19-21-31-22-20-30-18-16-28-12-8-23/h3-22H2,1-2H3/q+1. The molecular weight excluding hydrogens is 406 g/mol. The third kappa shape index (κ3) is 16.9. The van der Waals surface area contributed by atoms with Gasteiger partial charge in [0.15, 0.2) is 0 Å². The van der Waals surface area contributed by atoms with Crippen molar-refractivity contribution in [3.05, 3.63) is 0 Å². The van der Waals surface area contributed by atoms with Crippen molar-refractivity contribution in [1.82, 2.24) is 0 Å². The molecule has 0 aliphatic carbocycles. The van der Waals surface area contributed by atoms with Crippen molar-refractivity contribution in [3.63, 3.8) is 0 Å². The van der Waals surface area contributed by atoms with Gasteiger partial charge >= 0.3 is 0 Å². The predicted molar refractivity (Wildman–Crippen MR) is 118 cm³/mol. The molecule has 0 radical (unpaired) electrons. The second-order valence-corrected chi connectivity index (χ2v) is 7.30. The number of hydrogen-bond donors (Lipinski definition) is 0. The van der Waals surface area contributed by atoms with Crippen LogP contribution in [-0.2, 0) is 37.9 Å². The predicted octanol–water partition coefficient (Wildman–Crippen LogP) is 0.989.